The molecule has 2 aromatic rings. The molecular formula is C16H18F2N2O2S. The zero-order valence-electron chi connectivity index (χ0n) is 13.1. The topological polar surface area (TPSA) is 40.6 Å². The average Bonchev–Trinajstić information content (AvgIpc) is 2.50. The smallest absolute Gasteiger partial charge is 0.246 e. The minimum absolute atomic E-state index is 0.0615. The second-order valence-electron chi connectivity index (χ2n) is 5.40. The van der Waals surface area contributed by atoms with Crippen molar-refractivity contribution in [2.45, 2.75) is 11.4 Å². The maximum atomic E-state index is 13.7. The van der Waals surface area contributed by atoms with Crippen LogP contribution in [0.5, 0.6) is 0 Å². The number of nitrogens with zero attached hydrogens (tertiary/aromatic N) is 2. The molecule has 0 aliphatic heterocycles. The lowest BCUT2D eigenvalue weighted by molar-refractivity contribution is 0.458. The summed E-state index contributed by atoms with van der Waals surface area (Å²) in [4.78, 5) is 1.26. The summed E-state index contributed by atoms with van der Waals surface area (Å²) in [6.07, 6.45) is 0. The molecule has 0 atom stereocenters. The molecular weight excluding hydrogens is 322 g/mol. The summed E-state index contributed by atoms with van der Waals surface area (Å²) >= 11 is 0. The number of hydrogen-bond acceptors (Lipinski definition) is 3. The number of hydrogen-bond donors (Lipinski definition) is 0. The van der Waals surface area contributed by atoms with Crippen molar-refractivity contribution in [1.29, 1.82) is 0 Å². The second-order valence-corrected chi connectivity index (χ2v) is 7.41. The fourth-order valence-electron chi connectivity index (χ4n) is 2.08. The Morgan fingerprint density at radius 1 is 0.957 bits per heavy atom. The van der Waals surface area contributed by atoms with Gasteiger partial charge in [0.1, 0.15) is 16.5 Å². The highest BCUT2D eigenvalue weighted by molar-refractivity contribution is 7.89. The normalized spacial score (nSPS) is 11.7. The Morgan fingerprint density at radius 2 is 1.57 bits per heavy atom. The first-order chi connectivity index (χ1) is 10.7. The Labute approximate surface area is 135 Å². The lowest BCUT2D eigenvalue weighted by atomic mass is 10.2. The van der Waals surface area contributed by atoms with E-state index < -0.39 is 26.6 Å². The van der Waals surface area contributed by atoms with E-state index in [4.69, 9.17) is 0 Å². The van der Waals surface area contributed by atoms with E-state index >= 15 is 0 Å². The quantitative estimate of drug-likeness (QED) is 0.840. The molecule has 0 heterocycles. The van der Waals surface area contributed by atoms with Crippen molar-refractivity contribution in [3.05, 3.63) is 59.7 Å². The van der Waals surface area contributed by atoms with Crippen LogP contribution in [0.2, 0.25) is 0 Å². The molecule has 0 radical (unpaired) electrons. The van der Waals surface area contributed by atoms with Crippen LogP contribution in [0.4, 0.5) is 14.5 Å². The molecule has 0 spiro atoms. The highest BCUT2D eigenvalue weighted by atomic mass is 32.2. The van der Waals surface area contributed by atoms with Crippen molar-refractivity contribution in [3.63, 3.8) is 0 Å². The van der Waals surface area contributed by atoms with E-state index in [0.29, 0.717) is 6.07 Å². The Hall–Kier alpha value is -1.99. The molecule has 2 aromatic carbocycles. The van der Waals surface area contributed by atoms with E-state index in [-0.39, 0.29) is 6.54 Å². The standard InChI is InChI=1S/C16H18F2N2O2S/c1-19(2)14-7-4-12(5-8-14)11-20(3)23(21,22)16-10-13(17)6-9-15(16)18/h4-10H,11H2,1-3H3. The molecule has 0 aromatic heterocycles. The first kappa shape index (κ1) is 17.4. The van der Waals surface area contributed by atoms with E-state index in [1.54, 1.807) is 12.1 Å². The number of anilines is 1. The fourth-order valence-corrected chi connectivity index (χ4v) is 3.32. The van der Waals surface area contributed by atoms with Gasteiger partial charge in [-0.1, -0.05) is 12.1 Å². The summed E-state index contributed by atoms with van der Waals surface area (Å²) in [6, 6.07) is 9.69. The van der Waals surface area contributed by atoms with Gasteiger partial charge >= 0.3 is 0 Å². The van der Waals surface area contributed by atoms with Gasteiger partial charge in [-0.05, 0) is 35.9 Å². The summed E-state index contributed by atoms with van der Waals surface area (Å²) in [7, 11) is 1.03. The number of halogens is 2. The highest BCUT2D eigenvalue weighted by Crippen LogP contribution is 2.21. The van der Waals surface area contributed by atoms with Crippen molar-refractivity contribution < 1.29 is 17.2 Å². The summed E-state index contributed by atoms with van der Waals surface area (Å²) in [5, 5.41) is 0. The Kier molecular flexibility index (Phi) is 5.01. The zero-order valence-corrected chi connectivity index (χ0v) is 13.9. The molecule has 23 heavy (non-hydrogen) atoms. The van der Waals surface area contributed by atoms with Gasteiger partial charge in [-0.15, -0.1) is 0 Å². The average molecular weight is 340 g/mol. The van der Waals surface area contributed by atoms with Crippen LogP contribution < -0.4 is 4.90 Å². The van der Waals surface area contributed by atoms with Crippen LogP contribution in [0.15, 0.2) is 47.4 Å². The van der Waals surface area contributed by atoms with Crippen LogP contribution in [-0.2, 0) is 16.6 Å². The molecule has 2 rings (SSSR count). The van der Waals surface area contributed by atoms with Crippen molar-refractivity contribution in [3.8, 4) is 0 Å². The molecule has 124 valence electrons. The van der Waals surface area contributed by atoms with Crippen molar-refractivity contribution >= 4 is 15.7 Å². The third-order valence-corrected chi connectivity index (χ3v) is 5.26. The first-order valence-electron chi connectivity index (χ1n) is 6.89. The minimum atomic E-state index is -4.11. The van der Waals surface area contributed by atoms with Gasteiger partial charge in [0, 0.05) is 33.4 Å². The zero-order chi connectivity index (χ0) is 17.2. The molecule has 7 heteroatoms. The number of benzene rings is 2. The van der Waals surface area contributed by atoms with Gasteiger partial charge in [0.15, 0.2) is 0 Å². The van der Waals surface area contributed by atoms with Crippen LogP contribution >= 0.6 is 0 Å². The van der Waals surface area contributed by atoms with E-state index in [2.05, 4.69) is 0 Å². The summed E-state index contributed by atoms with van der Waals surface area (Å²) in [6.45, 7) is 0.0615. The molecule has 0 unspecified atom stereocenters. The van der Waals surface area contributed by atoms with E-state index in [1.807, 2.05) is 31.1 Å². The Bertz CT molecular complexity index is 790. The largest absolute Gasteiger partial charge is 0.378 e. The Morgan fingerprint density at radius 3 is 2.13 bits per heavy atom. The van der Waals surface area contributed by atoms with Crippen molar-refractivity contribution in [2.75, 3.05) is 26.0 Å². The van der Waals surface area contributed by atoms with Gasteiger partial charge in [0.05, 0.1) is 0 Å². The van der Waals surface area contributed by atoms with Gasteiger partial charge in [-0.3, -0.25) is 0 Å². The maximum absolute atomic E-state index is 13.7. The molecule has 4 nitrogen and oxygen atoms in total. The fraction of sp³-hybridized carbons (Fsp3) is 0.250. The lowest BCUT2D eigenvalue weighted by Gasteiger charge is -2.18. The van der Waals surface area contributed by atoms with E-state index in [1.165, 1.54) is 7.05 Å². The van der Waals surface area contributed by atoms with Gasteiger partial charge < -0.3 is 4.90 Å². The third kappa shape index (κ3) is 3.86. The molecule has 0 bridgehead atoms. The molecule has 0 fully saturated rings. The molecule has 0 saturated carbocycles. The number of rotatable bonds is 5. The highest BCUT2D eigenvalue weighted by Gasteiger charge is 2.25. The molecule has 0 N–H and O–H groups in total. The number of sulfonamides is 1. The predicted molar refractivity (Wildman–Crippen MR) is 85.8 cm³/mol. The SMILES string of the molecule is CN(C)c1ccc(CN(C)S(=O)(=O)c2cc(F)ccc2F)cc1. The molecule has 0 saturated heterocycles. The summed E-state index contributed by atoms with van der Waals surface area (Å²) in [5.74, 6) is -1.77. The van der Waals surface area contributed by atoms with Crippen molar-refractivity contribution in [2.24, 2.45) is 0 Å². The maximum Gasteiger partial charge on any atom is 0.246 e. The minimum Gasteiger partial charge on any atom is -0.378 e. The first-order valence-corrected chi connectivity index (χ1v) is 8.33. The van der Waals surface area contributed by atoms with E-state index in [0.717, 1.165) is 27.7 Å². The predicted octanol–water partition coefficient (Wildman–Crippen LogP) is 2.85. The van der Waals surface area contributed by atoms with Crippen LogP contribution in [0.25, 0.3) is 0 Å². The Balaban J connectivity index is 2.25. The van der Waals surface area contributed by atoms with Crippen LogP contribution in [0.1, 0.15) is 5.56 Å². The van der Waals surface area contributed by atoms with Gasteiger partial charge in [-0.2, -0.15) is 4.31 Å². The van der Waals surface area contributed by atoms with Crippen LogP contribution in [0, 0.1) is 11.6 Å². The van der Waals surface area contributed by atoms with E-state index in [9.17, 15) is 17.2 Å². The van der Waals surface area contributed by atoms with Crippen molar-refractivity contribution in [1.82, 2.24) is 4.31 Å². The van der Waals surface area contributed by atoms with Gasteiger partial charge in [0.25, 0.3) is 0 Å². The molecule has 0 aliphatic rings. The third-order valence-electron chi connectivity index (χ3n) is 3.44. The lowest BCUT2D eigenvalue weighted by Crippen LogP contribution is -2.27. The van der Waals surface area contributed by atoms with Gasteiger partial charge in [0.2, 0.25) is 10.0 Å². The molecule has 0 aliphatic carbocycles. The van der Waals surface area contributed by atoms with Gasteiger partial charge in [-0.25, -0.2) is 17.2 Å². The van der Waals surface area contributed by atoms with Crippen LogP contribution in [-0.4, -0.2) is 33.9 Å². The summed E-state index contributed by atoms with van der Waals surface area (Å²) < 4.78 is 52.7. The summed E-state index contributed by atoms with van der Waals surface area (Å²) in [5.41, 5.74) is 1.73. The second kappa shape index (κ2) is 6.64. The monoisotopic (exact) mass is 340 g/mol. The molecule has 0 amide bonds. The van der Waals surface area contributed by atoms with Crippen LogP contribution in [0.3, 0.4) is 0 Å².